The van der Waals surface area contributed by atoms with E-state index >= 15 is 0 Å². The number of hydrogen-bond acceptors (Lipinski definition) is 6. The monoisotopic (exact) mass is 408 g/mol. The summed E-state index contributed by atoms with van der Waals surface area (Å²) in [7, 11) is 0. The van der Waals surface area contributed by atoms with E-state index < -0.39 is 11.9 Å². The number of fused-ring (bicyclic) bond motifs is 1. The number of anilines is 1. The molecule has 0 unspecified atom stereocenters. The molecular formula is C16H13BrN2O4S. The van der Waals surface area contributed by atoms with Gasteiger partial charge in [-0.15, -0.1) is 0 Å². The van der Waals surface area contributed by atoms with Crippen molar-refractivity contribution in [2.24, 2.45) is 0 Å². The van der Waals surface area contributed by atoms with Crippen LogP contribution in [-0.4, -0.2) is 23.5 Å². The van der Waals surface area contributed by atoms with Gasteiger partial charge in [0.1, 0.15) is 17.1 Å². The highest BCUT2D eigenvalue weighted by Crippen LogP contribution is 2.28. The van der Waals surface area contributed by atoms with E-state index in [2.05, 4.69) is 26.2 Å². The lowest BCUT2D eigenvalue weighted by Crippen LogP contribution is -2.20. The lowest BCUT2D eigenvalue weighted by molar-refractivity contribution is -0.119. The molecule has 0 spiro atoms. The maximum atomic E-state index is 11.9. The maximum absolute atomic E-state index is 11.9. The highest BCUT2D eigenvalue weighted by molar-refractivity contribution is 9.10. The second-order valence-electron chi connectivity index (χ2n) is 5.08. The molecular weight excluding hydrogens is 396 g/mol. The molecule has 0 atom stereocenters. The van der Waals surface area contributed by atoms with Crippen LogP contribution in [0.4, 0.5) is 5.13 Å². The van der Waals surface area contributed by atoms with Crippen molar-refractivity contribution >= 4 is 54.5 Å². The zero-order chi connectivity index (χ0) is 17.3. The Morgan fingerprint density at radius 3 is 2.83 bits per heavy atom. The smallest absolute Gasteiger partial charge is 0.342 e. The summed E-state index contributed by atoms with van der Waals surface area (Å²) >= 11 is 4.74. The molecule has 2 aromatic heterocycles. The van der Waals surface area contributed by atoms with Crippen molar-refractivity contribution < 1.29 is 18.7 Å². The van der Waals surface area contributed by atoms with Crippen molar-refractivity contribution in [1.29, 1.82) is 0 Å². The first-order valence-corrected chi connectivity index (χ1v) is 8.63. The Hall–Kier alpha value is -2.19. The van der Waals surface area contributed by atoms with Crippen molar-refractivity contribution in [2.45, 2.75) is 13.8 Å². The Kier molecular flexibility index (Phi) is 4.68. The molecule has 0 aliphatic rings. The first-order valence-electron chi connectivity index (χ1n) is 7.02. The minimum atomic E-state index is -0.590. The van der Waals surface area contributed by atoms with E-state index in [1.165, 1.54) is 11.3 Å². The lowest BCUT2D eigenvalue weighted by atomic mass is 10.2. The summed E-state index contributed by atoms with van der Waals surface area (Å²) < 4.78 is 12.2. The van der Waals surface area contributed by atoms with Crippen molar-refractivity contribution in [1.82, 2.24) is 4.98 Å². The molecule has 1 aromatic carbocycles. The number of ether oxygens (including phenoxy) is 1. The quantitative estimate of drug-likeness (QED) is 0.658. The first-order chi connectivity index (χ1) is 11.4. The van der Waals surface area contributed by atoms with Crippen molar-refractivity contribution in [3.63, 3.8) is 0 Å². The summed E-state index contributed by atoms with van der Waals surface area (Å²) in [6.07, 6.45) is 0. The molecule has 24 heavy (non-hydrogen) atoms. The van der Waals surface area contributed by atoms with Gasteiger partial charge < -0.3 is 9.15 Å². The van der Waals surface area contributed by atoms with Crippen molar-refractivity contribution in [3.05, 3.63) is 45.8 Å². The molecule has 0 aliphatic heterocycles. The summed E-state index contributed by atoms with van der Waals surface area (Å²) in [5.41, 5.74) is 1.12. The van der Waals surface area contributed by atoms with Crippen LogP contribution in [-0.2, 0) is 9.53 Å². The van der Waals surface area contributed by atoms with Crippen LogP contribution in [0.25, 0.3) is 10.2 Å². The first kappa shape index (κ1) is 16.7. The number of aryl methyl sites for hydroxylation is 2. The number of nitrogens with zero attached hydrogens (tertiary/aromatic N) is 1. The fraction of sp³-hybridized carbons (Fsp3) is 0.188. The number of aromatic nitrogens is 1. The molecule has 3 rings (SSSR count). The topological polar surface area (TPSA) is 81.4 Å². The fourth-order valence-electron chi connectivity index (χ4n) is 2.15. The molecule has 0 bridgehead atoms. The van der Waals surface area contributed by atoms with Gasteiger partial charge in [0, 0.05) is 4.47 Å². The maximum Gasteiger partial charge on any atom is 0.342 e. The van der Waals surface area contributed by atoms with Gasteiger partial charge in [0.15, 0.2) is 11.7 Å². The average Bonchev–Trinajstić information content (AvgIpc) is 3.06. The molecule has 6 nitrogen and oxygen atoms in total. The van der Waals surface area contributed by atoms with Crippen LogP contribution in [0.15, 0.2) is 33.2 Å². The zero-order valence-electron chi connectivity index (χ0n) is 12.9. The Balaban J connectivity index is 1.60. The Morgan fingerprint density at radius 2 is 2.12 bits per heavy atom. The minimum Gasteiger partial charge on any atom is -0.466 e. The third kappa shape index (κ3) is 3.65. The Morgan fingerprint density at radius 1 is 1.33 bits per heavy atom. The van der Waals surface area contributed by atoms with Crippen LogP contribution >= 0.6 is 27.3 Å². The summed E-state index contributed by atoms with van der Waals surface area (Å²) in [5.74, 6) is 0.0475. The number of benzene rings is 1. The van der Waals surface area contributed by atoms with E-state index in [9.17, 15) is 9.59 Å². The van der Waals surface area contributed by atoms with E-state index in [-0.39, 0.29) is 6.61 Å². The summed E-state index contributed by atoms with van der Waals surface area (Å²) in [4.78, 5) is 28.2. The number of amides is 1. The van der Waals surface area contributed by atoms with Gasteiger partial charge in [-0.1, -0.05) is 27.3 Å². The Labute approximate surface area is 150 Å². The highest BCUT2D eigenvalue weighted by Gasteiger charge is 2.17. The van der Waals surface area contributed by atoms with Crippen molar-refractivity contribution in [2.75, 3.05) is 11.9 Å². The van der Waals surface area contributed by atoms with Gasteiger partial charge in [-0.2, -0.15) is 0 Å². The van der Waals surface area contributed by atoms with E-state index in [1.807, 2.05) is 18.2 Å². The van der Waals surface area contributed by atoms with Gasteiger partial charge >= 0.3 is 5.97 Å². The molecule has 2 heterocycles. The summed E-state index contributed by atoms with van der Waals surface area (Å²) in [6.45, 7) is 3.02. The average molecular weight is 409 g/mol. The fourth-order valence-corrected chi connectivity index (χ4v) is 3.58. The molecule has 1 amide bonds. The molecule has 0 saturated carbocycles. The SMILES string of the molecule is Cc1cc(C(=O)OCC(=O)Nc2nc3ccc(Br)cc3s2)c(C)o1. The van der Waals surface area contributed by atoms with Crippen LogP contribution in [0.1, 0.15) is 21.9 Å². The van der Waals surface area contributed by atoms with Crippen LogP contribution in [0.5, 0.6) is 0 Å². The lowest BCUT2D eigenvalue weighted by Gasteiger charge is -2.03. The van der Waals surface area contributed by atoms with Gasteiger partial charge in [0.2, 0.25) is 0 Å². The second-order valence-corrected chi connectivity index (χ2v) is 7.03. The number of nitrogens with one attached hydrogen (secondary N) is 1. The summed E-state index contributed by atoms with van der Waals surface area (Å²) in [6, 6.07) is 7.24. The third-order valence-electron chi connectivity index (χ3n) is 3.19. The number of halogens is 1. The molecule has 124 valence electrons. The number of thiazole rings is 1. The van der Waals surface area contributed by atoms with E-state index in [1.54, 1.807) is 19.9 Å². The predicted molar refractivity (Wildman–Crippen MR) is 94.4 cm³/mol. The van der Waals surface area contributed by atoms with E-state index in [0.717, 1.165) is 14.7 Å². The molecule has 8 heteroatoms. The molecule has 0 saturated heterocycles. The number of esters is 1. The number of hydrogen-bond donors (Lipinski definition) is 1. The van der Waals surface area contributed by atoms with E-state index in [0.29, 0.717) is 22.2 Å². The Bertz CT molecular complexity index is 931. The van der Waals surface area contributed by atoms with Gasteiger partial charge in [-0.25, -0.2) is 9.78 Å². The number of carbonyl (C=O) groups excluding carboxylic acids is 2. The summed E-state index contributed by atoms with van der Waals surface area (Å²) in [5, 5.41) is 3.09. The normalized spacial score (nSPS) is 10.8. The molecule has 0 fully saturated rings. The second kappa shape index (κ2) is 6.74. The van der Waals surface area contributed by atoms with Crippen LogP contribution in [0, 0.1) is 13.8 Å². The van der Waals surface area contributed by atoms with Gasteiger partial charge in [0.25, 0.3) is 5.91 Å². The molecule has 3 aromatic rings. The highest BCUT2D eigenvalue weighted by atomic mass is 79.9. The minimum absolute atomic E-state index is 0.324. The van der Waals surface area contributed by atoms with E-state index in [4.69, 9.17) is 9.15 Å². The standard InChI is InChI=1S/C16H13BrN2O4S/c1-8-5-11(9(2)23-8)15(21)22-7-14(20)19-16-18-12-4-3-10(17)6-13(12)24-16/h3-6H,7H2,1-2H3,(H,18,19,20). The van der Waals surface area contributed by atoms with Gasteiger partial charge in [-0.3, -0.25) is 10.1 Å². The molecule has 0 aliphatic carbocycles. The third-order valence-corrected chi connectivity index (χ3v) is 4.62. The van der Waals surface area contributed by atoms with Crippen LogP contribution in [0.3, 0.4) is 0 Å². The van der Waals surface area contributed by atoms with Gasteiger partial charge in [0.05, 0.1) is 10.2 Å². The molecule has 0 radical (unpaired) electrons. The molecule has 1 N–H and O–H groups in total. The van der Waals surface area contributed by atoms with Gasteiger partial charge in [-0.05, 0) is 38.1 Å². The zero-order valence-corrected chi connectivity index (χ0v) is 15.3. The predicted octanol–water partition coefficient (Wildman–Crippen LogP) is 4.06. The van der Waals surface area contributed by atoms with Crippen LogP contribution < -0.4 is 5.32 Å². The largest absolute Gasteiger partial charge is 0.466 e. The number of carbonyl (C=O) groups is 2. The number of furan rings is 1. The van der Waals surface area contributed by atoms with Crippen molar-refractivity contribution in [3.8, 4) is 0 Å². The van der Waals surface area contributed by atoms with Crippen LogP contribution in [0.2, 0.25) is 0 Å². The number of rotatable bonds is 4.